The zero-order valence-corrected chi connectivity index (χ0v) is 12.5. The number of halogens is 1. The highest BCUT2D eigenvalue weighted by Gasteiger charge is 2.25. The predicted octanol–water partition coefficient (Wildman–Crippen LogP) is 1.66. The summed E-state index contributed by atoms with van der Waals surface area (Å²) in [6.07, 6.45) is 5.31. The predicted molar refractivity (Wildman–Crippen MR) is 75.6 cm³/mol. The third kappa shape index (κ3) is 2.95. The number of amides is 1. The summed E-state index contributed by atoms with van der Waals surface area (Å²) < 4.78 is 0.887. The number of anilines is 1. The Labute approximate surface area is 119 Å². The van der Waals surface area contributed by atoms with E-state index >= 15 is 0 Å². The lowest BCUT2D eigenvalue weighted by atomic mass is 9.96. The van der Waals surface area contributed by atoms with E-state index in [1.54, 1.807) is 6.20 Å². The van der Waals surface area contributed by atoms with Gasteiger partial charge in [0.15, 0.2) is 5.16 Å². The van der Waals surface area contributed by atoms with Gasteiger partial charge in [0.05, 0.1) is 4.47 Å². The lowest BCUT2D eigenvalue weighted by molar-refractivity contribution is -0.122. The van der Waals surface area contributed by atoms with Crippen molar-refractivity contribution in [2.24, 2.45) is 11.7 Å². The first-order valence-corrected chi connectivity index (χ1v) is 7.74. The summed E-state index contributed by atoms with van der Waals surface area (Å²) in [6, 6.07) is 0. The Morgan fingerprint density at radius 3 is 2.78 bits per heavy atom. The number of hydrogen-bond donors (Lipinski definition) is 1. The van der Waals surface area contributed by atoms with Crippen LogP contribution in [-0.4, -0.2) is 35.2 Å². The van der Waals surface area contributed by atoms with Crippen LogP contribution in [0.15, 0.2) is 15.8 Å². The Balaban J connectivity index is 2.11. The standard InChI is InChI=1S/C11H15BrN4OS/c1-18-11-14-6-8(12)10(15-11)16-4-2-7(3-5-16)9(13)17/h6-7H,2-5H2,1H3,(H2,13,17). The molecule has 0 atom stereocenters. The van der Waals surface area contributed by atoms with Gasteiger partial charge in [-0.2, -0.15) is 0 Å². The van der Waals surface area contributed by atoms with Crippen LogP contribution in [0, 0.1) is 5.92 Å². The van der Waals surface area contributed by atoms with E-state index in [0.29, 0.717) is 0 Å². The number of rotatable bonds is 3. The SMILES string of the molecule is CSc1ncc(Br)c(N2CCC(C(N)=O)CC2)n1. The highest BCUT2D eigenvalue weighted by atomic mass is 79.9. The molecule has 0 unspecified atom stereocenters. The molecular weight excluding hydrogens is 316 g/mol. The number of aromatic nitrogens is 2. The van der Waals surface area contributed by atoms with Crippen molar-refractivity contribution in [3.63, 3.8) is 0 Å². The highest BCUT2D eigenvalue weighted by Crippen LogP contribution is 2.28. The molecule has 2 N–H and O–H groups in total. The molecule has 0 bridgehead atoms. The quantitative estimate of drug-likeness (QED) is 0.674. The van der Waals surface area contributed by atoms with Gasteiger partial charge in [-0.05, 0) is 35.0 Å². The number of hydrogen-bond acceptors (Lipinski definition) is 5. The Morgan fingerprint density at radius 2 is 2.22 bits per heavy atom. The molecule has 2 heterocycles. The first-order valence-electron chi connectivity index (χ1n) is 5.72. The van der Waals surface area contributed by atoms with Crippen molar-refractivity contribution in [1.82, 2.24) is 9.97 Å². The minimum atomic E-state index is -0.193. The molecule has 1 fully saturated rings. The van der Waals surface area contributed by atoms with E-state index in [9.17, 15) is 4.79 Å². The number of carbonyl (C=O) groups excluding carboxylic acids is 1. The van der Waals surface area contributed by atoms with Gasteiger partial charge in [0, 0.05) is 25.2 Å². The molecular formula is C11H15BrN4OS. The Morgan fingerprint density at radius 1 is 1.56 bits per heavy atom. The molecule has 0 aliphatic carbocycles. The maximum atomic E-state index is 11.1. The maximum absolute atomic E-state index is 11.1. The fourth-order valence-corrected chi connectivity index (χ4v) is 2.82. The lowest BCUT2D eigenvalue weighted by Crippen LogP contribution is -2.39. The Bertz CT molecular complexity index is 449. The van der Waals surface area contributed by atoms with Crippen molar-refractivity contribution in [3.8, 4) is 0 Å². The van der Waals surface area contributed by atoms with Crippen LogP contribution in [0.2, 0.25) is 0 Å². The fraction of sp³-hybridized carbons (Fsp3) is 0.545. The molecule has 0 radical (unpaired) electrons. The number of nitrogens with zero attached hydrogens (tertiary/aromatic N) is 3. The first-order chi connectivity index (χ1) is 8.61. The fourth-order valence-electron chi connectivity index (χ4n) is 2.04. The summed E-state index contributed by atoms with van der Waals surface area (Å²) in [6.45, 7) is 1.61. The summed E-state index contributed by atoms with van der Waals surface area (Å²) in [7, 11) is 0. The maximum Gasteiger partial charge on any atom is 0.220 e. The summed E-state index contributed by atoms with van der Waals surface area (Å²) in [4.78, 5) is 22.0. The highest BCUT2D eigenvalue weighted by molar-refractivity contribution is 9.10. The van der Waals surface area contributed by atoms with Crippen LogP contribution in [0.25, 0.3) is 0 Å². The minimum absolute atomic E-state index is 0.00174. The molecule has 1 aliphatic heterocycles. The van der Waals surface area contributed by atoms with Crippen molar-refractivity contribution >= 4 is 39.4 Å². The van der Waals surface area contributed by atoms with Gasteiger partial charge in [-0.1, -0.05) is 11.8 Å². The van der Waals surface area contributed by atoms with Crippen LogP contribution >= 0.6 is 27.7 Å². The van der Waals surface area contributed by atoms with Crippen LogP contribution < -0.4 is 10.6 Å². The normalized spacial score (nSPS) is 16.9. The third-order valence-corrected chi connectivity index (χ3v) is 4.20. The molecule has 18 heavy (non-hydrogen) atoms. The first kappa shape index (κ1) is 13.6. The van der Waals surface area contributed by atoms with Crippen molar-refractivity contribution in [1.29, 1.82) is 0 Å². The van der Waals surface area contributed by atoms with Crippen molar-refractivity contribution < 1.29 is 4.79 Å². The van der Waals surface area contributed by atoms with Crippen LogP contribution in [-0.2, 0) is 4.79 Å². The number of nitrogens with two attached hydrogens (primary N) is 1. The summed E-state index contributed by atoms with van der Waals surface area (Å²) in [5.41, 5.74) is 5.33. The van der Waals surface area contributed by atoms with E-state index in [1.807, 2.05) is 6.26 Å². The van der Waals surface area contributed by atoms with E-state index in [4.69, 9.17) is 5.73 Å². The van der Waals surface area contributed by atoms with Crippen LogP contribution in [0.1, 0.15) is 12.8 Å². The second-order valence-corrected chi connectivity index (χ2v) is 5.82. The van der Waals surface area contributed by atoms with Crippen molar-refractivity contribution in [3.05, 3.63) is 10.7 Å². The zero-order valence-electron chi connectivity index (χ0n) is 10.1. The number of piperidine rings is 1. The molecule has 2 rings (SSSR count). The average molecular weight is 331 g/mol. The van der Waals surface area contributed by atoms with Gasteiger partial charge in [0.25, 0.3) is 0 Å². The van der Waals surface area contributed by atoms with Crippen LogP contribution in [0.3, 0.4) is 0 Å². The van der Waals surface area contributed by atoms with Crippen LogP contribution in [0.5, 0.6) is 0 Å². The zero-order chi connectivity index (χ0) is 13.1. The van der Waals surface area contributed by atoms with Crippen molar-refractivity contribution in [2.75, 3.05) is 24.2 Å². The van der Waals surface area contributed by atoms with Crippen LogP contribution in [0.4, 0.5) is 5.82 Å². The van der Waals surface area contributed by atoms with E-state index in [1.165, 1.54) is 11.8 Å². The van der Waals surface area contributed by atoms with E-state index in [2.05, 4.69) is 30.8 Å². The molecule has 98 valence electrons. The molecule has 1 aromatic heterocycles. The minimum Gasteiger partial charge on any atom is -0.369 e. The van der Waals surface area contributed by atoms with E-state index in [0.717, 1.165) is 41.4 Å². The second kappa shape index (κ2) is 5.88. The number of thioether (sulfide) groups is 1. The van der Waals surface area contributed by atoms with Gasteiger partial charge in [0.1, 0.15) is 5.82 Å². The average Bonchev–Trinajstić information content (AvgIpc) is 2.39. The third-order valence-electron chi connectivity index (χ3n) is 3.08. The summed E-state index contributed by atoms with van der Waals surface area (Å²) >= 11 is 4.99. The molecule has 0 aromatic carbocycles. The van der Waals surface area contributed by atoms with Gasteiger partial charge in [-0.3, -0.25) is 4.79 Å². The second-order valence-electron chi connectivity index (χ2n) is 4.19. The van der Waals surface area contributed by atoms with Gasteiger partial charge < -0.3 is 10.6 Å². The van der Waals surface area contributed by atoms with Gasteiger partial charge in [-0.15, -0.1) is 0 Å². The van der Waals surface area contributed by atoms with Crippen molar-refractivity contribution in [2.45, 2.75) is 18.0 Å². The molecule has 1 saturated heterocycles. The molecule has 1 amide bonds. The van der Waals surface area contributed by atoms with Gasteiger partial charge in [0.2, 0.25) is 5.91 Å². The molecule has 1 aliphatic rings. The Hall–Kier alpha value is -0.820. The smallest absolute Gasteiger partial charge is 0.220 e. The van der Waals surface area contributed by atoms with Gasteiger partial charge >= 0.3 is 0 Å². The monoisotopic (exact) mass is 330 g/mol. The van der Waals surface area contributed by atoms with E-state index < -0.39 is 0 Å². The summed E-state index contributed by atoms with van der Waals surface area (Å²) in [5, 5.41) is 0.755. The lowest BCUT2D eigenvalue weighted by Gasteiger charge is -2.31. The summed E-state index contributed by atoms with van der Waals surface area (Å²) in [5.74, 6) is 0.709. The van der Waals surface area contributed by atoms with Gasteiger partial charge in [-0.25, -0.2) is 9.97 Å². The van der Waals surface area contributed by atoms with E-state index in [-0.39, 0.29) is 11.8 Å². The molecule has 5 nitrogen and oxygen atoms in total. The number of carbonyl (C=O) groups is 1. The topological polar surface area (TPSA) is 72.1 Å². The molecule has 1 aromatic rings. The molecule has 0 spiro atoms. The molecule has 0 saturated carbocycles. The largest absolute Gasteiger partial charge is 0.369 e. The Kier molecular flexibility index (Phi) is 4.45. The number of primary amides is 1. The molecule has 7 heteroatoms.